The summed E-state index contributed by atoms with van der Waals surface area (Å²) in [6.45, 7) is 0.304. The molecule has 7 heteroatoms. The third kappa shape index (κ3) is 2.22. The van der Waals surface area contributed by atoms with E-state index in [0.717, 1.165) is 17.3 Å². The van der Waals surface area contributed by atoms with E-state index in [-0.39, 0.29) is 23.9 Å². The number of amides is 1. The molecular formula is C18H17FN2O3S. The zero-order chi connectivity index (χ0) is 17.8. The SMILES string of the molecule is CN1C(=O)[C@@]2(CCN(S(=O)(=O)c3cccc(F)c3)C2)c2ccccc21. The van der Waals surface area contributed by atoms with Gasteiger partial charge < -0.3 is 4.90 Å². The van der Waals surface area contributed by atoms with Gasteiger partial charge in [0.1, 0.15) is 5.82 Å². The highest BCUT2D eigenvalue weighted by molar-refractivity contribution is 7.89. The number of hydrogen-bond donors (Lipinski definition) is 0. The molecule has 0 radical (unpaired) electrons. The lowest BCUT2D eigenvalue weighted by Gasteiger charge is -2.23. The second-order valence-electron chi connectivity index (χ2n) is 6.51. The van der Waals surface area contributed by atoms with Crippen LogP contribution in [0.1, 0.15) is 12.0 Å². The summed E-state index contributed by atoms with van der Waals surface area (Å²) in [7, 11) is -2.14. The first-order valence-corrected chi connectivity index (χ1v) is 9.44. The molecule has 2 heterocycles. The van der Waals surface area contributed by atoms with E-state index in [0.29, 0.717) is 6.42 Å². The number of carbonyl (C=O) groups excluding carboxylic acids is 1. The molecule has 0 unspecified atom stereocenters. The van der Waals surface area contributed by atoms with Crippen LogP contribution in [0.4, 0.5) is 10.1 Å². The minimum absolute atomic E-state index is 0.0754. The van der Waals surface area contributed by atoms with Crippen LogP contribution in [0.2, 0.25) is 0 Å². The summed E-state index contributed by atoms with van der Waals surface area (Å²) < 4.78 is 40.5. The molecule has 1 saturated heterocycles. The highest BCUT2D eigenvalue weighted by Crippen LogP contribution is 2.47. The van der Waals surface area contributed by atoms with E-state index in [2.05, 4.69) is 0 Å². The number of para-hydroxylation sites is 1. The van der Waals surface area contributed by atoms with Crippen LogP contribution in [0.15, 0.2) is 53.4 Å². The lowest BCUT2D eigenvalue weighted by Crippen LogP contribution is -2.42. The number of hydrogen-bond acceptors (Lipinski definition) is 3. The van der Waals surface area contributed by atoms with Crippen LogP contribution in [-0.4, -0.2) is 38.8 Å². The summed E-state index contributed by atoms with van der Waals surface area (Å²) in [6, 6.07) is 12.4. The van der Waals surface area contributed by atoms with Gasteiger partial charge >= 0.3 is 0 Å². The molecule has 2 aromatic rings. The Kier molecular flexibility index (Phi) is 3.49. The number of anilines is 1. The Bertz CT molecular complexity index is 976. The molecule has 0 aliphatic carbocycles. The second-order valence-corrected chi connectivity index (χ2v) is 8.45. The van der Waals surface area contributed by atoms with E-state index >= 15 is 0 Å². The second kappa shape index (κ2) is 5.37. The van der Waals surface area contributed by atoms with Gasteiger partial charge in [-0.15, -0.1) is 0 Å². The van der Waals surface area contributed by atoms with Crippen LogP contribution >= 0.6 is 0 Å². The Morgan fingerprint density at radius 1 is 1.12 bits per heavy atom. The highest BCUT2D eigenvalue weighted by atomic mass is 32.2. The van der Waals surface area contributed by atoms with E-state index in [4.69, 9.17) is 0 Å². The van der Waals surface area contributed by atoms with Crippen molar-refractivity contribution in [3.63, 3.8) is 0 Å². The van der Waals surface area contributed by atoms with Crippen LogP contribution < -0.4 is 4.90 Å². The Balaban J connectivity index is 1.74. The molecule has 2 aromatic carbocycles. The normalized spacial score (nSPS) is 23.4. The Labute approximate surface area is 145 Å². The third-order valence-electron chi connectivity index (χ3n) is 5.16. The molecule has 2 aliphatic rings. The predicted octanol–water partition coefficient (Wildman–Crippen LogP) is 2.13. The quantitative estimate of drug-likeness (QED) is 0.824. The monoisotopic (exact) mass is 360 g/mol. The number of sulfonamides is 1. The maximum absolute atomic E-state index is 13.4. The summed E-state index contributed by atoms with van der Waals surface area (Å²) in [5, 5.41) is 0. The average molecular weight is 360 g/mol. The first-order valence-electron chi connectivity index (χ1n) is 8.00. The first-order chi connectivity index (χ1) is 11.9. The molecule has 25 heavy (non-hydrogen) atoms. The fraction of sp³-hybridized carbons (Fsp3) is 0.278. The Morgan fingerprint density at radius 2 is 1.88 bits per heavy atom. The van der Waals surface area contributed by atoms with Crippen molar-refractivity contribution in [3.8, 4) is 0 Å². The minimum Gasteiger partial charge on any atom is -0.314 e. The molecule has 2 aliphatic heterocycles. The molecule has 1 fully saturated rings. The van der Waals surface area contributed by atoms with Gasteiger partial charge in [0.15, 0.2) is 0 Å². The summed E-state index contributed by atoms with van der Waals surface area (Å²) in [6.07, 6.45) is 0.418. The van der Waals surface area contributed by atoms with Crippen molar-refractivity contribution in [2.45, 2.75) is 16.7 Å². The number of carbonyl (C=O) groups is 1. The number of fused-ring (bicyclic) bond motifs is 2. The van der Waals surface area contributed by atoms with Gasteiger partial charge in [0.25, 0.3) is 0 Å². The number of benzene rings is 2. The smallest absolute Gasteiger partial charge is 0.243 e. The standard InChI is InChI=1S/C18H17FN2O3S/c1-20-16-8-3-2-7-15(16)18(17(20)22)9-10-21(12-18)25(23,24)14-6-4-5-13(19)11-14/h2-8,11H,9-10,12H2,1H3/t18-/m1/s1. The van der Waals surface area contributed by atoms with Crippen LogP contribution in [0.5, 0.6) is 0 Å². The van der Waals surface area contributed by atoms with Gasteiger partial charge in [-0.2, -0.15) is 4.31 Å². The molecule has 0 bridgehead atoms. The van der Waals surface area contributed by atoms with Crippen molar-refractivity contribution in [2.75, 3.05) is 25.0 Å². The van der Waals surface area contributed by atoms with Gasteiger partial charge in [-0.3, -0.25) is 4.79 Å². The summed E-state index contributed by atoms with van der Waals surface area (Å²) in [4.78, 5) is 14.4. The fourth-order valence-electron chi connectivity index (χ4n) is 3.87. The lowest BCUT2D eigenvalue weighted by atomic mass is 9.81. The predicted molar refractivity (Wildman–Crippen MR) is 91.3 cm³/mol. The zero-order valence-corrected chi connectivity index (χ0v) is 14.5. The molecule has 0 saturated carbocycles. The summed E-state index contributed by atoms with van der Waals surface area (Å²) in [5.41, 5.74) is 0.822. The maximum Gasteiger partial charge on any atom is 0.243 e. The van der Waals surface area contributed by atoms with Crippen LogP contribution in [0.3, 0.4) is 0 Å². The van der Waals surface area contributed by atoms with Gasteiger partial charge in [-0.1, -0.05) is 24.3 Å². The lowest BCUT2D eigenvalue weighted by molar-refractivity contribution is -0.122. The largest absolute Gasteiger partial charge is 0.314 e. The van der Waals surface area contributed by atoms with Gasteiger partial charge in [0, 0.05) is 25.8 Å². The Hall–Kier alpha value is -2.25. The first kappa shape index (κ1) is 16.2. The molecule has 1 atom stereocenters. The van der Waals surface area contributed by atoms with Crippen molar-refractivity contribution in [2.24, 2.45) is 0 Å². The van der Waals surface area contributed by atoms with E-state index in [1.807, 2.05) is 24.3 Å². The Morgan fingerprint density at radius 3 is 2.64 bits per heavy atom. The highest BCUT2D eigenvalue weighted by Gasteiger charge is 2.55. The van der Waals surface area contributed by atoms with Crippen molar-refractivity contribution >= 4 is 21.6 Å². The molecule has 5 nitrogen and oxygen atoms in total. The van der Waals surface area contributed by atoms with Gasteiger partial charge in [0.05, 0.1) is 10.3 Å². The maximum atomic E-state index is 13.4. The van der Waals surface area contributed by atoms with Gasteiger partial charge in [-0.25, -0.2) is 12.8 Å². The van der Waals surface area contributed by atoms with Gasteiger partial charge in [0.2, 0.25) is 15.9 Å². The number of halogens is 1. The third-order valence-corrected chi connectivity index (χ3v) is 7.00. The minimum atomic E-state index is -3.85. The molecular weight excluding hydrogens is 343 g/mol. The van der Waals surface area contributed by atoms with Crippen LogP contribution in [0, 0.1) is 5.82 Å². The van der Waals surface area contributed by atoms with Gasteiger partial charge in [-0.05, 0) is 36.2 Å². The van der Waals surface area contributed by atoms with Crippen molar-refractivity contribution in [1.29, 1.82) is 0 Å². The summed E-state index contributed by atoms with van der Waals surface area (Å²) >= 11 is 0. The topological polar surface area (TPSA) is 57.7 Å². The number of rotatable bonds is 2. The number of likely N-dealkylation sites (N-methyl/N-ethyl adjacent to an activating group) is 1. The van der Waals surface area contributed by atoms with Crippen molar-refractivity contribution < 1.29 is 17.6 Å². The van der Waals surface area contributed by atoms with E-state index in [9.17, 15) is 17.6 Å². The average Bonchev–Trinajstić information content (AvgIpc) is 3.14. The molecule has 0 aromatic heterocycles. The molecule has 1 spiro atoms. The fourth-order valence-corrected chi connectivity index (χ4v) is 5.40. The molecule has 130 valence electrons. The van der Waals surface area contributed by atoms with Crippen molar-refractivity contribution in [3.05, 3.63) is 59.9 Å². The molecule has 1 amide bonds. The van der Waals surface area contributed by atoms with Crippen LogP contribution in [-0.2, 0) is 20.2 Å². The van der Waals surface area contributed by atoms with E-state index in [1.54, 1.807) is 11.9 Å². The van der Waals surface area contributed by atoms with Crippen molar-refractivity contribution in [1.82, 2.24) is 4.31 Å². The van der Waals surface area contributed by atoms with Crippen LogP contribution in [0.25, 0.3) is 0 Å². The zero-order valence-electron chi connectivity index (χ0n) is 13.6. The summed E-state index contributed by atoms with van der Waals surface area (Å²) in [5.74, 6) is -0.692. The molecule has 4 rings (SSSR count). The van der Waals surface area contributed by atoms with E-state index < -0.39 is 21.3 Å². The molecule has 0 N–H and O–H groups in total. The van der Waals surface area contributed by atoms with E-state index in [1.165, 1.54) is 22.5 Å². The number of nitrogens with zero attached hydrogens (tertiary/aromatic N) is 2.